The predicted molar refractivity (Wildman–Crippen MR) is 85.0 cm³/mol. The topological polar surface area (TPSA) is 66.9 Å². The molecule has 1 N–H and O–H groups in total. The second-order valence-corrected chi connectivity index (χ2v) is 6.04. The normalized spacial score (nSPS) is 11.6. The number of ether oxygens (including phenoxy) is 1. The third-order valence-electron chi connectivity index (χ3n) is 3.17. The minimum atomic E-state index is 0.697. The molecule has 3 aromatic rings. The van der Waals surface area contributed by atoms with Crippen LogP contribution in [0.5, 0.6) is 5.75 Å². The SMILES string of the molecule is COc1ccc2[nH]c3nc(SCCN(C)C)nnc3c2c1. The van der Waals surface area contributed by atoms with Gasteiger partial charge in [0.1, 0.15) is 11.3 Å². The van der Waals surface area contributed by atoms with E-state index in [-0.39, 0.29) is 0 Å². The van der Waals surface area contributed by atoms with Crippen LogP contribution in [0.3, 0.4) is 0 Å². The Morgan fingerprint density at radius 3 is 2.90 bits per heavy atom. The largest absolute Gasteiger partial charge is 0.497 e. The molecule has 0 saturated heterocycles. The number of nitrogens with one attached hydrogen (secondary N) is 1. The second kappa shape index (κ2) is 5.87. The highest BCUT2D eigenvalue weighted by Gasteiger charge is 2.10. The lowest BCUT2D eigenvalue weighted by Crippen LogP contribution is -2.14. The van der Waals surface area contributed by atoms with Crippen LogP contribution in [0.2, 0.25) is 0 Å². The van der Waals surface area contributed by atoms with Gasteiger partial charge in [0, 0.05) is 23.2 Å². The van der Waals surface area contributed by atoms with Crippen LogP contribution in [-0.2, 0) is 0 Å². The first-order chi connectivity index (χ1) is 10.2. The van der Waals surface area contributed by atoms with Gasteiger partial charge >= 0.3 is 0 Å². The summed E-state index contributed by atoms with van der Waals surface area (Å²) in [6.45, 7) is 0.982. The van der Waals surface area contributed by atoms with E-state index in [9.17, 15) is 0 Å². The highest BCUT2D eigenvalue weighted by atomic mass is 32.2. The Balaban J connectivity index is 1.93. The number of methoxy groups -OCH3 is 1. The summed E-state index contributed by atoms with van der Waals surface area (Å²) < 4.78 is 5.25. The lowest BCUT2D eigenvalue weighted by Gasteiger charge is -2.07. The Bertz CT molecular complexity index is 770. The van der Waals surface area contributed by atoms with Crippen LogP contribution in [0.25, 0.3) is 22.1 Å². The molecule has 0 radical (unpaired) electrons. The maximum Gasteiger partial charge on any atom is 0.211 e. The van der Waals surface area contributed by atoms with Crippen LogP contribution in [-0.4, -0.2) is 58.6 Å². The van der Waals surface area contributed by atoms with Crippen LogP contribution in [0, 0.1) is 0 Å². The molecule has 3 rings (SSSR count). The predicted octanol–water partition coefficient (Wildman–Crippen LogP) is 2.17. The molecule has 21 heavy (non-hydrogen) atoms. The molecule has 0 spiro atoms. The van der Waals surface area contributed by atoms with E-state index in [4.69, 9.17) is 4.74 Å². The number of thioether (sulfide) groups is 1. The Labute approximate surface area is 126 Å². The fourth-order valence-corrected chi connectivity index (χ4v) is 2.94. The Morgan fingerprint density at radius 2 is 2.14 bits per heavy atom. The van der Waals surface area contributed by atoms with Crippen molar-refractivity contribution in [2.45, 2.75) is 5.16 Å². The van der Waals surface area contributed by atoms with Crippen molar-refractivity contribution in [3.8, 4) is 5.75 Å². The van der Waals surface area contributed by atoms with Crippen molar-refractivity contribution in [1.29, 1.82) is 0 Å². The number of hydrogen-bond donors (Lipinski definition) is 1. The van der Waals surface area contributed by atoms with Gasteiger partial charge in [-0.25, -0.2) is 4.98 Å². The highest BCUT2D eigenvalue weighted by molar-refractivity contribution is 7.99. The highest BCUT2D eigenvalue weighted by Crippen LogP contribution is 2.26. The first-order valence-corrected chi connectivity index (χ1v) is 7.63. The number of aromatic nitrogens is 4. The van der Waals surface area contributed by atoms with Crippen LogP contribution in [0.1, 0.15) is 0 Å². The molecule has 6 nitrogen and oxygen atoms in total. The summed E-state index contributed by atoms with van der Waals surface area (Å²) in [5.41, 5.74) is 2.53. The maximum absolute atomic E-state index is 5.25. The van der Waals surface area contributed by atoms with E-state index >= 15 is 0 Å². The van der Waals surface area contributed by atoms with Gasteiger partial charge in [-0.3, -0.25) is 0 Å². The first-order valence-electron chi connectivity index (χ1n) is 6.65. The van der Waals surface area contributed by atoms with Gasteiger partial charge in [-0.2, -0.15) is 0 Å². The van der Waals surface area contributed by atoms with E-state index in [1.807, 2.05) is 32.3 Å². The smallest absolute Gasteiger partial charge is 0.211 e. The summed E-state index contributed by atoms with van der Waals surface area (Å²) in [7, 11) is 5.75. The molecule has 7 heteroatoms. The first kappa shape index (κ1) is 14.1. The van der Waals surface area contributed by atoms with Gasteiger partial charge in [-0.15, -0.1) is 10.2 Å². The van der Waals surface area contributed by atoms with Gasteiger partial charge in [0.05, 0.1) is 7.11 Å². The molecule has 1 aromatic carbocycles. The fraction of sp³-hybridized carbons (Fsp3) is 0.357. The van der Waals surface area contributed by atoms with E-state index in [1.165, 1.54) is 0 Å². The molecule has 2 aromatic heterocycles. The molecule has 0 atom stereocenters. The number of nitrogens with zero attached hydrogens (tertiary/aromatic N) is 4. The lowest BCUT2D eigenvalue weighted by atomic mass is 10.2. The zero-order valence-electron chi connectivity index (χ0n) is 12.3. The Hall–Kier alpha value is -1.86. The molecule has 0 saturated carbocycles. The average molecular weight is 303 g/mol. The minimum Gasteiger partial charge on any atom is -0.497 e. The summed E-state index contributed by atoms with van der Waals surface area (Å²) in [5, 5.41) is 10.2. The number of benzene rings is 1. The summed E-state index contributed by atoms with van der Waals surface area (Å²) in [6.07, 6.45) is 0. The van der Waals surface area contributed by atoms with E-state index < -0.39 is 0 Å². The van der Waals surface area contributed by atoms with Crippen molar-refractivity contribution in [1.82, 2.24) is 25.1 Å². The molecule has 0 unspecified atom stereocenters. The molecule has 110 valence electrons. The van der Waals surface area contributed by atoms with Crippen LogP contribution >= 0.6 is 11.8 Å². The maximum atomic E-state index is 5.25. The summed E-state index contributed by atoms with van der Waals surface area (Å²) in [5.74, 6) is 1.74. The minimum absolute atomic E-state index is 0.697. The molecule has 0 aliphatic rings. The van der Waals surface area contributed by atoms with E-state index in [0.717, 1.165) is 40.1 Å². The van der Waals surface area contributed by atoms with E-state index in [2.05, 4.69) is 25.1 Å². The van der Waals surface area contributed by atoms with Gasteiger partial charge in [0.15, 0.2) is 5.65 Å². The number of rotatable bonds is 5. The molecule has 0 amide bonds. The molecule has 0 aliphatic carbocycles. The summed E-state index contributed by atoms with van der Waals surface area (Å²) in [4.78, 5) is 9.95. The van der Waals surface area contributed by atoms with Crippen molar-refractivity contribution in [2.75, 3.05) is 33.5 Å². The molecular weight excluding hydrogens is 286 g/mol. The quantitative estimate of drug-likeness (QED) is 0.729. The molecule has 0 bridgehead atoms. The van der Waals surface area contributed by atoms with Crippen LogP contribution in [0.15, 0.2) is 23.4 Å². The van der Waals surface area contributed by atoms with Crippen molar-refractivity contribution >= 4 is 33.8 Å². The van der Waals surface area contributed by atoms with Gasteiger partial charge < -0.3 is 14.6 Å². The number of aromatic amines is 1. The molecule has 2 heterocycles. The van der Waals surface area contributed by atoms with Gasteiger partial charge in [0.25, 0.3) is 0 Å². The monoisotopic (exact) mass is 303 g/mol. The summed E-state index contributed by atoms with van der Waals surface area (Å²) >= 11 is 1.61. The lowest BCUT2D eigenvalue weighted by molar-refractivity contribution is 0.415. The van der Waals surface area contributed by atoms with Crippen molar-refractivity contribution in [3.63, 3.8) is 0 Å². The van der Waals surface area contributed by atoms with Crippen LogP contribution < -0.4 is 4.74 Å². The number of hydrogen-bond acceptors (Lipinski definition) is 6. The van der Waals surface area contributed by atoms with Crippen molar-refractivity contribution < 1.29 is 4.74 Å². The Kier molecular flexibility index (Phi) is 3.94. The van der Waals surface area contributed by atoms with E-state index in [1.54, 1.807) is 18.9 Å². The third kappa shape index (κ3) is 2.93. The van der Waals surface area contributed by atoms with Crippen molar-refractivity contribution in [2.24, 2.45) is 0 Å². The fourth-order valence-electron chi connectivity index (χ4n) is 2.04. The number of fused-ring (bicyclic) bond motifs is 3. The van der Waals surface area contributed by atoms with Crippen molar-refractivity contribution in [3.05, 3.63) is 18.2 Å². The van der Waals surface area contributed by atoms with Gasteiger partial charge in [0.2, 0.25) is 5.16 Å². The Morgan fingerprint density at radius 1 is 1.29 bits per heavy atom. The number of H-pyrrole nitrogens is 1. The zero-order valence-corrected chi connectivity index (χ0v) is 13.1. The third-order valence-corrected chi connectivity index (χ3v) is 3.99. The van der Waals surface area contributed by atoms with Crippen LogP contribution in [0.4, 0.5) is 0 Å². The second-order valence-electron chi connectivity index (χ2n) is 4.98. The standard InChI is InChI=1S/C14H17N5OS/c1-19(2)6-7-21-14-16-13-12(17-18-14)10-8-9(20-3)4-5-11(10)15-13/h4-5,8H,6-7H2,1-3H3,(H,15,16,18). The zero-order chi connectivity index (χ0) is 14.8. The van der Waals surface area contributed by atoms with E-state index in [0.29, 0.717) is 5.16 Å². The average Bonchev–Trinajstić information content (AvgIpc) is 2.83. The van der Waals surface area contributed by atoms with Gasteiger partial charge in [-0.05, 0) is 32.3 Å². The molecule has 0 fully saturated rings. The summed E-state index contributed by atoms with van der Waals surface area (Å²) in [6, 6.07) is 5.83. The molecular formula is C14H17N5OS. The van der Waals surface area contributed by atoms with Gasteiger partial charge in [-0.1, -0.05) is 11.8 Å². The molecule has 0 aliphatic heterocycles.